The highest BCUT2D eigenvalue weighted by Gasteiger charge is 2.34. The Kier molecular flexibility index (Phi) is 10.2. The highest BCUT2D eigenvalue weighted by Crippen LogP contribution is 2.30. The summed E-state index contributed by atoms with van der Waals surface area (Å²) in [5, 5.41) is 16.6. The smallest absolute Gasteiger partial charge is 0.243 e. The molecule has 0 bridgehead atoms. The predicted molar refractivity (Wildman–Crippen MR) is 154 cm³/mol. The van der Waals surface area contributed by atoms with Crippen molar-refractivity contribution in [2.75, 3.05) is 13.7 Å². The molecular weight excluding hydrogens is 532 g/mol. The molecule has 0 aliphatic heterocycles. The molecule has 1 aliphatic carbocycles. The number of methoxy groups -OCH3 is 1. The second-order valence-corrected chi connectivity index (χ2v) is 13.3. The minimum absolute atomic E-state index is 0.0670. The summed E-state index contributed by atoms with van der Waals surface area (Å²) in [6, 6.07) is 19.1. The lowest BCUT2D eigenvalue weighted by molar-refractivity contribution is -0.129. The number of nitrogens with one attached hydrogen (secondary N) is 1. The van der Waals surface area contributed by atoms with Crippen molar-refractivity contribution in [1.29, 1.82) is 0 Å². The molecule has 4 rings (SSSR count). The van der Waals surface area contributed by atoms with Gasteiger partial charge in [0, 0.05) is 30.0 Å². The molecule has 2 N–H and O–H groups in total. The summed E-state index contributed by atoms with van der Waals surface area (Å²) in [4.78, 5) is 14.3. The molecule has 1 aliphatic rings. The first-order valence-corrected chi connectivity index (χ1v) is 15.8. The van der Waals surface area contributed by atoms with E-state index in [-0.39, 0.29) is 35.7 Å². The summed E-state index contributed by atoms with van der Waals surface area (Å²) < 4.78 is 34.2. The molecule has 1 heterocycles. The maximum atomic E-state index is 13.8. The number of thiophene rings is 1. The summed E-state index contributed by atoms with van der Waals surface area (Å²) in [5.74, 6) is 0.537. The van der Waals surface area contributed by atoms with Crippen molar-refractivity contribution in [1.82, 2.24) is 9.62 Å². The number of amides is 1. The number of ether oxygens (including phenoxy) is 1. The second-order valence-electron chi connectivity index (χ2n) is 10.3. The van der Waals surface area contributed by atoms with E-state index < -0.39 is 22.2 Å². The lowest BCUT2D eigenvalue weighted by Gasteiger charge is -2.33. The van der Waals surface area contributed by atoms with Crippen LogP contribution in [0.2, 0.25) is 0 Å². The Labute approximate surface area is 235 Å². The Hall–Kier alpha value is -2.72. The van der Waals surface area contributed by atoms with Crippen LogP contribution < -0.4 is 10.1 Å². The fraction of sp³-hybridized carbons (Fsp3) is 0.433. The number of rotatable bonds is 12. The van der Waals surface area contributed by atoms with E-state index in [9.17, 15) is 18.3 Å². The third kappa shape index (κ3) is 7.69. The van der Waals surface area contributed by atoms with Crippen LogP contribution >= 0.6 is 11.3 Å². The largest absolute Gasteiger partial charge is 0.497 e. The van der Waals surface area contributed by atoms with Crippen molar-refractivity contribution in [3.8, 4) is 5.75 Å². The molecule has 210 valence electrons. The molecule has 7 nitrogen and oxygen atoms in total. The van der Waals surface area contributed by atoms with Crippen LogP contribution in [0.4, 0.5) is 0 Å². The van der Waals surface area contributed by atoms with Gasteiger partial charge in [-0.3, -0.25) is 4.79 Å². The van der Waals surface area contributed by atoms with Crippen LogP contribution in [0.25, 0.3) is 0 Å². The van der Waals surface area contributed by atoms with Gasteiger partial charge in [-0.15, -0.1) is 11.3 Å². The van der Waals surface area contributed by atoms with Crippen LogP contribution in [0.3, 0.4) is 0 Å². The summed E-state index contributed by atoms with van der Waals surface area (Å²) in [5.41, 5.74) is 0.957. The summed E-state index contributed by atoms with van der Waals surface area (Å²) >= 11 is 1.46. The van der Waals surface area contributed by atoms with Crippen LogP contribution in [0, 0.1) is 11.8 Å². The number of benzene rings is 2. The maximum absolute atomic E-state index is 13.8. The average Bonchev–Trinajstić information content (AvgIpc) is 3.46. The first-order valence-electron chi connectivity index (χ1n) is 13.5. The van der Waals surface area contributed by atoms with Gasteiger partial charge < -0.3 is 15.2 Å². The Morgan fingerprint density at radius 1 is 1.10 bits per heavy atom. The van der Waals surface area contributed by atoms with E-state index in [1.54, 1.807) is 12.1 Å². The van der Waals surface area contributed by atoms with E-state index in [2.05, 4.69) is 12.2 Å². The average molecular weight is 571 g/mol. The van der Waals surface area contributed by atoms with E-state index >= 15 is 0 Å². The van der Waals surface area contributed by atoms with Crippen LogP contribution in [0.1, 0.15) is 43.0 Å². The van der Waals surface area contributed by atoms with Gasteiger partial charge in [-0.25, -0.2) is 8.42 Å². The number of aliphatic hydroxyl groups is 1. The first-order chi connectivity index (χ1) is 18.8. The van der Waals surface area contributed by atoms with E-state index in [1.807, 2.05) is 47.8 Å². The molecule has 4 atom stereocenters. The summed E-state index contributed by atoms with van der Waals surface area (Å²) in [7, 11) is -2.49. The van der Waals surface area contributed by atoms with Gasteiger partial charge in [-0.2, -0.15) is 4.31 Å². The van der Waals surface area contributed by atoms with Crippen molar-refractivity contribution in [2.24, 2.45) is 11.8 Å². The van der Waals surface area contributed by atoms with Gasteiger partial charge in [0.25, 0.3) is 0 Å². The number of carbonyl (C=O) groups excluding carboxylic acids is 1. The molecule has 3 aromatic rings. The fourth-order valence-electron chi connectivity index (χ4n) is 5.22. The molecule has 0 spiro atoms. The number of hydrogen-bond acceptors (Lipinski definition) is 6. The molecule has 1 aromatic heterocycles. The highest BCUT2D eigenvalue weighted by molar-refractivity contribution is 7.89. The molecule has 3 unspecified atom stereocenters. The molecule has 9 heteroatoms. The zero-order chi connectivity index (χ0) is 27.8. The molecule has 39 heavy (non-hydrogen) atoms. The van der Waals surface area contributed by atoms with E-state index in [4.69, 9.17) is 4.74 Å². The van der Waals surface area contributed by atoms with E-state index in [0.29, 0.717) is 12.2 Å². The van der Waals surface area contributed by atoms with Gasteiger partial charge in [0.1, 0.15) is 5.75 Å². The molecule has 0 radical (unpaired) electrons. The topological polar surface area (TPSA) is 95.9 Å². The Balaban J connectivity index is 1.61. The molecule has 1 saturated carbocycles. The van der Waals surface area contributed by atoms with Crippen molar-refractivity contribution >= 4 is 27.3 Å². The van der Waals surface area contributed by atoms with Crippen LogP contribution in [-0.2, 0) is 27.8 Å². The first kappa shape index (κ1) is 29.3. The van der Waals surface area contributed by atoms with Crippen molar-refractivity contribution in [3.05, 3.63) is 82.6 Å². The Bertz CT molecular complexity index is 1300. The van der Waals surface area contributed by atoms with Crippen molar-refractivity contribution < 1.29 is 23.1 Å². The lowest BCUT2D eigenvalue weighted by atomic mass is 9.79. The predicted octanol–water partition coefficient (Wildman–Crippen LogP) is 4.86. The van der Waals surface area contributed by atoms with Gasteiger partial charge >= 0.3 is 0 Å². The van der Waals surface area contributed by atoms with Gasteiger partial charge in [0.05, 0.1) is 24.2 Å². The van der Waals surface area contributed by atoms with Crippen molar-refractivity contribution in [3.63, 3.8) is 0 Å². The van der Waals surface area contributed by atoms with Gasteiger partial charge in [0.2, 0.25) is 15.9 Å². The minimum atomic E-state index is -3.98. The SMILES string of the molecule is COc1cccc(S(=O)(=O)N(Cc2cccs2)CC(O)C(Cc2ccccc2)NC(=O)C2CCCC[C@@H]2C)c1. The number of carbonyl (C=O) groups is 1. The maximum Gasteiger partial charge on any atom is 0.243 e. The van der Waals surface area contributed by atoms with E-state index in [1.165, 1.54) is 34.9 Å². The van der Waals surface area contributed by atoms with Gasteiger partial charge in [-0.1, -0.05) is 62.2 Å². The summed E-state index contributed by atoms with van der Waals surface area (Å²) in [6.45, 7) is 2.05. The van der Waals surface area contributed by atoms with Crippen LogP contribution in [0.15, 0.2) is 77.0 Å². The number of aliphatic hydroxyl groups excluding tert-OH is 1. The number of hydrogen-bond donors (Lipinski definition) is 2. The minimum Gasteiger partial charge on any atom is -0.497 e. The normalized spacial score (nSPS) is 19.4. The third-order valence-electron chi connectivity index (χ3n) is 7.52. The zero-order valence-corrected chi connectivity index (χ0v) is 24.2. The third-order valence-corrected chi connectivity index (χ3v) is 10.2. The van der Waals surface area contributed by atoms with Crippen LogP contribution in [-0.4, -0.2) is 49.5 Å². The van der Waals surface area contributed by atoms with E-state index in [0.717, 1.165) is 36.1 Å². The zero-order valence-electron chi connectivity index (χ0n) is 22.5. The lowest BCUT2D eigenvalue weighted by Crippen LogP contribution is -2.52. The van der Waals surface area contributed by atoms with Gasteiger partial charge in [-0.05, 0) is 54.3 Å². The quantitative estimate of drug-likeness (QED) is 0.324. The standard InChI is InChI=1S/C30H38N2O5S2/c1-22-10-6-7-16-27(22)30(34)31-28(18-23-11-4-3-5-12-23)29(33)21-32(20-25-14-9-17-38-25)39(35,36)26-15-8-13-24(19-26)37-2/h3-5,8-9,11-15,17,19,22,27-29,33H,6-7,10,16,18,20-21H2,1-2H3,(H,31,34)/t22-,27?,28?,29?/m0/s1. The van der Waals surface area contributed by atoms with Gasteiger partial charge in [0.15, 0.2) is 0 Å². The molecule has 0 saturated heterocycles. The summed E-state index contributed by atoms with van der Waals surface area (Å²) in [6.07, 6.45) is 3.24. The highest BCUT2D eigenvalue weighted by atomic mass is 32.2. The monoisotopic (exact) mass is 570 g/mol. The molecule has 1 amide bonds. The number of nitrogens with zero attached hydrogens (tertiary/aromatic N) is 1. The fourth-order valence-corrected chi connectivity index (χ4v) is 7.49. The molecule has 2 aromatic carbocycles. The molecule has 1 fully saturated rings. The molecular formula is C30H38N2O5S2. The Morgan fingerprint density at radius 3 is 2.56 bits per heavy atom. The number of sulfonamides is 1. The Morgan fingerprint density at radius 2 is 1.87 bits per heavy atom. The second kappa shape index (κ2) is 13.6. The van der Waals surface area contributed by atoms with Crippen LogP contribution in [0.5, 0.6) is 5.75 Å². The van der Waals surface area contributed by atoms with Crippen molar-refractivity contribution in [2.45, 2.75) is 62.6 Å².